The van der Waals surface area contributed by atoms with E-state index < -0.39 is 0 Å². The first kappa shape index (κ1) is 17.9. The number of hydrogen-bond acceptors (Lipinski definition) is 4. The molecular formula is C20H19ClN4O. The summed E-state index contributed by atoms with van der Waals surface area (Å²) in [5, 5.41) is 14.7. The van der Waals surface area contributed by atoms with E-state index in [0.717, 1.165) is 18.5 Å². The van der Waals surface area contributed by atoms with Crippen LogP contribution in [0.3, 0.4) is 0 Å². The lowest BCUT2D eigenvalue weighted by atomic mass is 10.1. The second-order valence-electron chi connectivity index (χ2n) is 5.78. The Morgan fingerprint density at radius 1 is 0.923 bits per heavy atom. The number of halogens is 1. The largest absolute Gasteiger partial charge is 0.351 e. The number of carbonyl (C=O) groups is 1. The number of amides is 1. The van der Waals surface area contributed by atoms with E-state index in [1.54, 1.807) is 24.3 Å². The summed E-state index contributed by atoms with van der Waals surface area (Å²) >= 11 is 5.86. The average Bonchev–Trinajstić information content (AvgIpc) is 2.68. The molecule has 0 saturated heterocycles. The Kier molecular flexibility index (Phi) is 6.17. The molecule has 5 nitrogen and oxygen atoms in total. The van der Waals surface area contributed by atoms with Crippen LogP contribution in [0.25, 0.3) is 0 Å². The van der Waals surface area contributed by atoms with Crippen LogP contribution in [0.15, 0.2) is 66.7 Å². The van der Waals surface area contributed by atoms with E-state index in [9.17, 15) is 4.79 Å². The van der Waals surface area contributed by atoms with E-state index in [4.69, 9.17) is 11.6 Å². The monoisotopic (exact) mass is 366 g/mol. The maximum Gasteiger partial charge on any atom is 0.271 e. The molecule has 2 N–H and O–H groups in total. The lowest BCUT2D eigenvalue weighted by Crippen LogP contribution is -2.26. The summed E-state index contributed by atoms with van der Waals surface area (Å²) in [5.74, 6) is 0.344. The fourth-order valence-electron chi connectivity index (χ4n) is 2.43. The van der Waals surface area contributed by atoms with Gasteiger partial charge in [-0.3, -0.25) is 4.79 Å². The molecule has 0 spiro atoms. The van der Waals surface area contributed by atoms with Crippen LogP contribution in [0.5, 0.6) is 0 Å². The Hall–Kier alpha value is -2.92. The molecular weight excluding hydrogens is 348 g/mol. The molecule has 0 aliphatic rings. The number of anilines is 2. The van der Waals surface area contributed by atoms with Crippen LogP contribution in [-0.4, -0.2) is 22.6 Å². The first-order chi connectivity index (χ1) is 12.7. The van der Waals surface area contributed by atoms with Crippen molar-refractivity contribution >= 4 is 29.0 Å². The van der Waals surface area contributed by atoms with Crippen molar-refractivity contribution in [2.75, 3.05) is 11.9 Å². The van der Waals surface area contributed by atoms with Crippen LogP contribution >= 0.6 is 11.6 Å². The van der Waals surface area contributed by atoms with Crippen molar-refractivity contribution in [1.82, 2.24) is 15.5 Å². The number of aromatic nitrogens is 2. The number of nitrogens with zero attached hydrogens (tertiary/aromatic N) is 2. The van der Waals surface area contributed by atoms with Gasteiger partial charge in [0.15, 0.2) is 11.5 Å². The number of aryl methyl sites for hydroxylation is 1. The van der Waals surface area contributed by atoms with Gasteiger partial charge in [-0.15, -0.1) is 10.2 Å². The Morgan fingerprint density at radius 3 is 2.38 bits per heavy atom. The quantitative estimate of drug-likeness (QED) is 0.614. The minimum Gasteiger partial charge on any atom is -0.351 e. The smallest absolute Gasteiger partial charge is 0.271 e. The summed E-state index contributed by atoms with van der Waals surface area (Å²) in [6.07, 6.45) is 1.80. The zero-order valence-electron chi connectivity index (χ0n) is 14.2. The van der Waals surface area contributed by atoms with Crippen molar-refractivity contribution in [3.63, 3.8) is 0 Å². The second-order valence-corrected chi connectivity index (χ2v) is 6.22. The number of nitrogens with one attached hydrogen (secondary N) is 2. The molecule has 3 rings (SSSR count). The van der Waals surface area contributed by atoms with Gasteiger partial charge in [0.1, 0.15) is 0 Å². The van der Waals surface area contributed by atoms with Crippen LogP contribution in [0.4, 0.5) is 11.5 Å². The van der Waals surface area contributed by atoms with Gasteiger partial charge >= 0.3 is 0 Å². The minimum atomic E-state index is -0.219. The number of rotatable bonds is 7. The summed E-state index contributed by atoms with van der Waals surface area (Å²) in [6, 6.07) is 20.8. The van der Waals surface area contributed by atoms with E-state index in [1.165, 1.54) is 5.56 Å². The van der Waals surface area contributed by atoms with Crippen molar-refractivity contribution in [2.45, 2.75) is 12.8 Å². The number of benzene rings is 2. The Bertz CT molecular complexity index is 836. The third-order valence-electron chi connectivity index (χ3n) is 3.78. The van der Waals surface area contributed by atoms with Gasteiger partial charge in [-0.25, -0.2) is 0 Å². The molecule has 0 atom stereocenters. The van der Waals surface area contributed by atoms with Gasteiger partial charge in [-0.2, -0.15) is 0 Å². The summed E-state index contributed by atoms with van der Waals surface area (Å²) in [5.41, 5.74) is 2.41. The fraction of sp³-hybridized carbons (Fsp3) is 0.150. The lowest BCUT2D eigenvalue weighted by Gasteiger charge is -2.07. The summed E-state index contributed by atoms with van der Waals surface area (Å²) in [4.78, 5) is 12.1. The number of hydrogen-bond donors (Lipinski definition) is 2. The van der Waals surface area contributed by atoms with Gasteiger partial charge in [0.05, 0.1) is 0 Å². The zero-order valence-corrected chi connectivity index (χ0v) is 14.9. The van der Waals surface area contributed by atoms with Gasteiger partial charge in [-0.1, -0.05) is 41.9 Å². The van der Waals surface area contributed by atoms with Crippen LogP contribution in [0, 0.1) is 0 Å². The zero-order chi connectivity index (χ0) is 18.2. The molecule has 0 unspecified atom stereocenters. The Morgan fingerprint density at radius 2 is 1.69 bits per heavy atom. The van der Waals surface area contributed by atoms with Crippen molar-refractivity contribution in [1.29, 1.82) is 0 Å². The topological polar surface area (TPSA) is 66.9 Å². The van der Waals surface area contributed by atoms with Gasteiger partial charge in [0.2, 0.25) is 0 Å². The van der Waals surface area contributed by atoms with Crippen LogP contribution in [0.1, 0.15) is 22.5 Å². The predicted octanol–water partition coefficient (Wildman–Crippen LogP) is 4.24. The highest BCUT2D eigenvalue weighted by atomic mass is 35.5. The van der Waals surface area contributed by atoms with Crippen molar-refractivity contribution < 1.29 is 4.79 Å². The first-order valence-electron chi connectivity index (χ1n) is 8.39. The molecule has 26 heavy (non-hydrogen) atoms. The molecule has 1 amide bonds. The molecule has 1 heterocycles. The Labute approximate surface area is 157 Å². The lowest BCUT2D eigenvalue weighted by molar-refractivity contribution is 0.0947. The summed E-state index contributed by atoms with van der Waals surface area (Å²) in [6.45, 7) is 0.597. The van der Waals surface area contributed by atoms with Gasteiger partial charge in [-0.05, 0) is 54.8 Å². The fourth-order valence-corrected chi connectivity index (χ4v) is 2.56. The average molecular weight is 367 g/mol. The molecule has 0 radical (unpaired) electrons. The third kappa shape index (κ3) is 5.29. The molecule has 0 aliphatic heterocycles. The molecule has 6 heteroatoms. The van der Waals surface area contributed by atoms with E-state index in [2.05, 4.69) is 33.0 Å². The molecule has 0 saturated carbocycles. The normalized spacial score (nSPS) is 10.3. The SMILES string of the molecule is O=C(NCCCc1ccccc1)c1ccc(Nc2ccc(Cl)cc2)nn1. The molecule has 3 aromatic rings. The molecule has 2 aromatic carbocycles. The standard InChI is InChI=1S/C20H19ClN4O/c21-16-8-10-17(11-9-16)23-19-13-12-18(24-25-19)20(26)22-14-4-7-15-5-2-1-3-6-15/h1-3,5-6,8-13H,4,7,14H2,(H,22,26)(H,23,25). The summed E-state index contributed by atoms with van der Waals surface area (Å²) in [7, 11) is 0. The highest BCUT2D eigenvalue weighted by Gasteiger charge is 2.07. The van der Waals surface area contributed by atoms with Gasteiger partial charge < -0.3 is 10.6 Å². The van der Waals surface area contributed by atoms with Crippen molar-refractivity contribution in [3.05, 3.63) is 83.0 Å². The van der Waals surface area contributed by atoms with Crippen LogP contribution in [0.2, 0.25) is 5.02 Å². The van der Waals surface area contributed by atoms with Gasteiger partial charge in [0.25, 0.3) is 5.91 Å². The van der Waals surface area contributed by atoms with Crippen LogP contribution in [-0.2, 0) is 6.42 Å². The maximum atomic E-state index is 12.1. The van der Waals surface area contributed by atoms with Crippen LogP contribution < -0.4 is 10.6 Å². The van der Waals surface area contributed by atoms with E-state index >= 15 is 0 Å². The van der Waals surface area contributed by atoms with Crippen molar-refractivity contribution in [2.24, 2.45) is 0 Å². The van der Waals surface area contributed by atoms with Gasteiger partial charge in [0, 0.05) is 17.3 Å². The molecule has 132 valence electrons. The first-order valence-corrected chi connectivity index (χ1v) is 8.77. The minimum absolute atomic E-state index is 0.219. The molecule has 1 aromatic heterocycles. The highest BCUT2D eigenvalue weighted by Crippen LogP contribution is 2.17. The number of carbonyl (C=O) groups excluding carboxylic acids is 1. The summed E-state index contributed by atoms with van der Waals surface area (Å²) < 4.78 is 0. The molecule has 0 aliphatic carbocycles. The second kappa shape index (κ2) is 8.97. The Balaban J connectivity index is 1.46. The highest BCUT2D eigenvalue weighted by molar-refractivity contribution is 6.30. The predicted molar refractivity (Wildman–Crippen MR) is 104 cm³/mol. The molecule has 0 bridgehead atoms. The maximum absolute atomic E-state index is 12.1. The van der Waals surface area contributed by atoms with Crippen molar-refractivity contribution in [3.8, 4) is 0 Å². The van der Waals surface area contributed by atoms with E-state index in [0.29, 0.717) is 23.1 Å². The third-order valence-corrected chi connectivity index (χ3v) is 4.04. The molecule has 0 fully saturated rings. The van der Waals surface area contributed by atoms with E-state index in [1.807, 2.05) is 30.3 Å². The van der Waals surface area contributed by atoms with E-state index in [-0.39, 0.29) is 5.91 Å².